The highest BCUT2D eigenvalue weighted by atomic mass is 19.1. The Hall–Kier alpha value is -3.20. The molecule has 1 aliphatic carbocycles. The number of halogens is 1. The molecule has 1 atom stereocenters. The van der Waals surface area contributed by atoms with Crippen LogP contribution in [0.25, 0.3) is 0 Å². The molecule has 1 amide bonds. The van der Waals surface area contributed by atoms with E-state index >= 15 is 0 Å². The number of ether oxygens (including phenoxy) is 1. The highest BCUT2D eigenvalue weighted by Crippen LogP contribution is 2.39. The number of hydrogen-bond donors (Lipinski definition) is 1. The van der Waals surface area contributed by atoms with Crippen molar-refractivity contribution in [2.75, 3.05) is 6.61 Å². The minimum Gasteiger partial charge on any atom is -0.484 e. The lowest BCUT2D eigenvalue weighted by atomic mass is 9.98. The van der Waals surface area contributed by atoms with Crippen LogP contribution in [0.1, 0.15) is 35.7 Å². The quantitative estimate of drug-likeness (QED) is 0.763. The number of carbonyl (C=O) groups excluding carboxylic acids is 2. The summed E-state index contributed by atoms with van der Waals surface area (Å²) in [5, 5.41) is 12.0. The number of nitrogens with zero attached hydrogens (tertiary/aromatic N) is 1. The molecule has 27 heavy (non-hydrogen) atoms. The van der Waals surface area contributed by atoms with Crippen molar-refractivity contribution in [2.45, 2.75) is 25.3 Å². The molecule has 0 bridgehead atoms. The molecule has 3 rings (SSSR count). The number of nitrogens with one attached hydrogen (secondary N) is 1. The maximum Gasteiger partial charge on any atom is 0.259 e. The van der Waals surface area contributed by atoms with E-state index in [1.165, 1.54) is 24.3 Å². The van der Waals surface area contributed by atoms with E-state index in [1.54, 1.807) is 31.2 Å². The molecular weight excluding hydrogens is 347 g/mol. The van der Waals surface area contributed by atoms with Crippen molar-refractivity contribution in [3.63, 3.8) is 0 Å². The minimum atomic E-state index is -0.855. The van der Waals surface area contributed by atoms with Gasteiger partial charge >= 0.3 is 0 Å². The van der Waals surface area contributed by atoms with Gasteiger partial charge in [-0.2, -0.15) is 5.26 Å². The van der Waals surface area contributed by atoms with E-state index in [4.69, 9.17) is 4.74 Å². The van der Waals surface area contributed by atoms with Crippen LogP contribution in [0.4, 0.5) is 4.39 Å². The van der Waals surface area contributed by atoms with Crippen LogP contribution in [-0.4, -0.2) is 23.8 Å². The first-order valence-corrected chi connectivity index (χ1v) is 8.67. The third-order valence-electron chi connectivity index (χ3n) is 4.62. The summed E-state index contributed by atoms with van der Waals surface area (Å²) in [5.74, 6) is -0.359. The van der Waals surface area contributed by atoms with Crippen LogP contribution in [0.5, 0.6) is 5.75 Å². The summed E-state index contributed by atoms with van der Waals surface area (Å²) in [6.07, 6.45) is 1.88. The summed E-state index contributed by atoms with van der Waals surface area (Å²) in [4.78, 5) is 24.4. The van der Waals surface area contributed by atoms with E-state index in [2.05, 4.69) is 11.4 Å². The van der Waals surface area contributed by atoms with Crippen molar-refractivity contribution in [3.8, 4) is 11.8 Å². The highest BCUT2D eigenvalue weighted by Gasteiger charge is 2.43. The van der Waals surface area contributed by atoms with Crippen LogP contribution in [-0.2, 0) is 4.79 Å². The zero-order valence-electron chi connectivity index (χ0n) is 14.9. The monoisotopic (exact) mass is 366 g/mol. The lowest BCUT2D eigenvalue weighted by Gasteiger charge is -2.22. The maximum atomic E-state index is 13.0. The van der Waals surface area contributed by atoms with Gasteiger partial charge in [-0.05, 0) is 74.2 Å². The molecule has 0 aromatic heterocycles. The Kier molecular flexibility index (Phi) is 5.22. The smallest absolute Gasteiger partial charge is 0.259 e. The third-order valence-corrected chi connectivity index (χ3v) is 4.62. The molecular formula is C21H19FN2O3. The predicted octanol–water partition coefficient (Wildman–Crippen LogP) is 3.24. The third kappa shape index (κ3) is 4.50. The summed E-state index contributed by atoms with van der Waals surface area (Å²) < 4.78 is 18.4. The SMILES string of the molecule is C[C@@](C#N)(NC(=O)COc1ccc(C(=O)c2ccc(F)cc2)cc1)C1CC1. The van der Waals surface area contributed by atoms with Gasteiger partial charge in [0.1, 0.15) is 17.1 Å². The van der Waals surface area contributed by atoms with Gasteiger partial charge in [0.05, 0.1) is 6.07 Å². The van der Waals surface area contributed by atoms with Crippen LogP contribution < -0.4 is 10.1 Å². The van der Waals surface area contributed by atoms with E-state index in [0.29, 0.717) is 16.9 Å². The minimum absolute atomic E-state index is 0.197. The molecule has 0 unspecified atom stereocenters. The lowest BCUT2D eigenvalue weighted by molar-refractivity contribution is -0.124. The Labute approximate surface area is 156 Å². The number of rotatable bonds is 7. The summed E-state index contributed by atoms with van der Waals surface area (Å²) in [5.41, 5.74) is -0.0317. The zero-order chi connectivity index (χ0) is 19.4. The standard InChI is InChI=1S/C21H19FN2O3/c1-21(13-23,16-6-7-16)24-19(25)12-27-18-10-4-15(5-11-18)20(26)14-2-8-17(22)9-3-14/h2-5,8-11,16H,6-7,12H2,1H3,(H,24,25)/t21-/m0/s1. The predicted molar refractivity (Wildman–Crippen MR) is 96.7 cm³/mol. The fourth-order valence-electron chi connectivity index (χ4n) is 2.83. The Morgan fingerprint density at radius 3 is 2.22 bits per heavy atom. The van der Waals surface area contributed by atoms with Crippen molar-refractivity contribution in [2.24, 2.45) is 5.92 Å². The molecule has 1 saturated carbocycles. The molecule has 6 heteroatoms. The topological polar surface area (TPSA) is 79.2 Å². The van der Waals surface area contributed by atoms with Crippen molar-refractivity contribution >= 4 is 11.7 Å². The molecule has 2 aromatic rings. The molecule has 0 radical (unpaired) electrons. The molecule has 138 valence electrons. The second-order valence-corrected chi connectivity index (χ2v) is 6.79. The molecule has 0 heterocycles. The van der Waals surface area contributed by atoms with Gasteiger partial charge in [-0.3, -0.25) is 9.59 Å². The van der Waals surface area contributed by atoms with Gasteiger partial charge < -0.3 is 10.1 Å². The highest BCUT2D eigenvalue weighted by molar-refractivity contribution is 6.09. The van der Waals surface area contributed by atoms with Crippen molar-refractivity contribution in [3.05, 3.63) is 65.5 Å². The van der Waals surface area contributed by atoms with Crippen LogP contribution >= 0.6 is 0 Å². The molecule has 1 N–H and O–H groups in total. The number of ketones is 1. The first-order valence-electron chi connectivity index (χ1n) is 8.67. The fourth-order valence-corrected chi connectivity index (χ4v) is 2.83. The van der Waals surface area contributed by atoms with Crippen molar-refractivity contribution in [1.82, 2.24) is 5.32 Å². The van der Waals surface area contributed by atoms with E-state index in [0.717, 1.165) is 12.8 Å². The van der Waals surface area contributed by atoms with E-state index in [1.807, 2.05) is 0 Å². The Balaban J connectivity index is 1.56. The second kappa shape index (κ2) is 7.58. The fraction of sp³-hybridized carbons (Fsp3) is 0.286. The molecule has 0 aliphatic heterocycles. The van der Waals surface area contributed by atoms with E-state index in [9.17, 15) is 19.2 Å². The molecule has 0 spiro atoms. The van der Waals surface area contributed by atoms with Crippen molar-refractivity contribution in [1.29, 1.82) is 5.26 Å². The Bertz CT molecular complexity index is 883. The Morgan fingerprint density at radius 1 is 1.15 bits per heavy atom. The average Bonchev–Trinajstić information content (AvgIpc) is 3.52. The number of hydrogen-bond acceptors (Lipinski definition) is 4. The maximum absolute atomic E-state index is 13.0. The number of carbonyl (C=O) groups is 2. The molecule has 0 saturated heterocycles. The molecule has 5 nitrogen and oxygen atoms in total. The van der Waals surface area contributed by atoms with Crippen LogP contribution in [0.3, 0.4) is 0 Å². The second-order valence-electron chi connectivity index (χ2n) is 6.79. The van der Waals surface area contributed by atoms with Gasteiger partial charge in [-0.15, -0.1) is 0 Å². The molecule has 1 aliphatic rings. The average molecular weight is 366 g/mol. The van der Waals surface area contributed by atoms with E-state index in [-0.39, 0.29) is 24.2 Å². The van der Waals surface area contributed by atoms with Crippen LogP contribution in [0.15, 0.2) is 48.5 Å². The first kappa shape index (κ1) is 18.6. The molecule has 1 fully saturated rings. The van der Waals surface area contributed by atoms with Crippen LogP contribution in [0.2, 0.25) is 0 Å². The largest absolute Gasteiger partial charge is 0.484 e. The van der Waals surface area contributed by atoms with Gasteiger partial charge in [0.15, 0.2) is 12.4 Å². The summed E-state index contributed by atoms with van der Waals surface area (Å²) >= 11 is 0. The number of amides is 1. The number of benzene rings is 2. The van der Waals surface area contributed by atoms with Gasteiger partial charge in [-0.25, -0.2) is 4.39 Å². The van der Waals surface area contributed by atoms with Gasteiger partial charge in [0, 0.05) is 11.1 Å². The normalized spacial score (nSPS) is 15.3. The summed E-state index contributed by atoms with van der Waals surface area (Å²) in [7, 11) is 0. The van der Waals surface area contributed by atoms with Gasteiger partial charge in [0.25, 0.3) is 5.91 Å². The Morgan fingerprint density at radius 2 is 1.70 bits per heavy atom. The first-order chi connectivity index (χ1) is 12.9. The van der Waals surface area contributed by atoms with Crippen molar-refractivity contribution < 1.29 is 18.7 Å². The van der Waals surface area contributed by atoms with Gasteiger partial charge in [-0.1, -0.05) is 0 Å². The molecule has 2 aromatic carbocycles. The van der Waals surface area contributed by atoms with Gasteiger partial charge in [0.2, 0.25) is 0 Å². The zero-order valence-corrected chi connectivity index (χ0v) is 14.9. The number of nitriles is 1. The van der Waals surface area contributed by atoms with E-state index < -0.39 is 11.4 Å². The summed E-state index contributed by atoms with van der Waals surface area (Å²) in [6.45, 7) is 1.51. The summed E-state index contributed by atoms with van der Waals surface area (Å²) in [6, 6.07) is 13.8. The lowest BCUT2D eigenvalue weighted by Crippen LogP contribution is -2.48. The van der Waals surface area contributed by atoms with Crippen LogP contribution in [0, 0.1) is 23.1 Å².